The van der Waals surface area contributed by atoms with Gasteiger partial charge in [-0.3, -0.25) is 4.79 Å². The Kier molecular flexibility index (Phi) is 6.56. The molecule has 1 aliphatic heterocycles. The van der Waals surface area contributed by atoms with Gasteiger partial charge < -0.3 is 9.80 Å². The number of amides is 1. The smallest absolute Gasteiger partial charge is 0.227 e. The second kappa shape index (κ2) is 9.09. The second-order valence-electron chi connectivity index (χ2n) is 6.98. The van der Waals surface area contributed by atoms with Crippen molar-refractivity contribution in [1.82, 2.24) is 4.90 Å². The van der Waals surface area contributed by atoms with Gasteiger partial charge in [-0.05, 0) is 43.0 Å². The highest BCUT2D eigenvalue weighted by atomic mass is 19.1. The molecule has 1 aliphatic rings. The molecule has 1 fully saturated rings. The van der Waals surface area contributed by atoms with Crippen molar-refractivity contribution < 1.29 is 13.6 Å². The minimum absolute atomic E-state index is 0.000869. The molecule has 0 aromatic heterocycles. The van der Waals surface area contributed by atoms with Gasteiger partial charge in [-0.15, -0.1) is 0 Å². The van der Waals surface area contributed by atoms with Gasteiger partial charge in [0.15, 0.2) is 0 Å². The van der Waals surface area contributed by atoms with Crippen LogP contribution >= 0.6 is 0 Å². The molecule has 0 radical (unpaired) electrons. The Balaban J connectivity index is 1.61. The highest BCUT2D eigenvalue weighted by molar-refractivity contribution is 5.93. The van der Waals surface area contributed by atoms with Crippen LogP contribution in [0.2, 0.25) is 0 Å². The van der Waals surface area contributed by atoms with E-state index in [0.717, 1.165) is 38.0 Å². The molecular weight excluding hydrogens is 346 g/mol. The van der Waals surface area contributed by atoms with Gasteiger partial charge in [0.25, 0.3) is 0 Å². The van der Waals surface area contributed by atoms with Gasteiger partial charge in [0.05, 0.1) is 5.69 Å². The minimum Gasteiger partial charge on any atom is -0.306 e. The number of nitrogens with zero attached hydrogens (tertiary/aromatic N) is 2. The molecule has 0 atom stereocenters. The Labute approximate surface area is 159 Å². The predicted octanol–water partition coefficient (Wildman–Crippen LogP) is 4.41. The molecule has 0 N–H and O–H groups in total. The molecule has 3 nitrogen and oxygen atoms in total. The van der Waals surface area contributed by atoms with Gasteiger partial charge in [0.1, 0.15) is 11.6 Å². The summed E-state index contributed by atoms with van der Waals surface area (Å²) in [4.78, 5) is 16.4. The highest BCUT2D eigenvalue weighted by Gasteiger charge is 2.29. The molecule has 1 amide bonds. The van der Waals surface area contributed by atoms with Gasteiger partial charge in [-0.2, -0.15) is 0 Å². The number of carbonyl (C=O) groups is 1. The number of hydrogen-bond acceptors (Lipinski definition) is 2. The number of rotatable bonds is 6. The molecule has 0 bridgehead atoms. The fourth-order valence-corrected chi connectivity index (χ4v) is 3.73. The van der Waals surface area contributed by atoms with E-state index in [-0.39, 0.29) is 23.6 Å². The largest absolute Gasteiger partial charge is 0.306 e. The van der Waals surface area contributed by atoms with Crippen LogP contribution in [0.3, 0.4) is 0 Å². The summed E-state index contributed by atoms with van der Waals surface area (Å²) in [6.45, 7) is 4.23. The molecule has 1 heterocycles. The lowest BCUT2D eigenvalue weighted by Gasteiger charge is -2.38. The molecule has 0 spiro atoms. The zero-order chi connectivity index (χ0) is 19.2. The van der Waals surface area contributed by atoms with Crippen molar-refractivity contribution in [2.24, 2.45) is 0 Å². The van der Waals surface area contributed by atoms with Crippen LogP contribution in [0, 0.1) is 11.6 Å². The summed E-state index contributed by atoms with van der Waals surface area (Å²) in [5.41, 5.74) is 1.10. The number of hydrogen-bond donors (Lipinski definition) is 0. The van der Waals surface area contributed by atoms with E-state index in [9.17, 15) is 13.6 Å². The first kappa shape index (κ1) is 19.5. The van der Waals surface area contributed by atoms with Crippen LogP contribution in [0.15, 0.2) is 48.5 Å². The molecule has 2 aromatic rings. The zero-order valence-electron chi connectivity index (χ0n) is 15.7. The monoisotopic (exact) mass is 372 g/mol. The van der Waals surface area contributed by atoms with E-state index in [0.29, 0.717) is 18.5 Å². The summed E-state index contributed by atoms with van der Waals surface area (Å²) in [7, 11) is 0. The Hall–Kier alpha value is -2.27. The highest BCUT2D eigenvalue weighted by Crippen LogP contribution is 2.27. The Morgan fingerprint density at radius 2 is 1.67 bits per heavy atom. The molecule has 27 heavy (non-hydrogen) atoms. The first-order valence-corrected chi connectivity index (χ1v) is 9.62. The molecule has 2 aromatic carbocycles. The predicted molar refractivity (Wildman–Crippen MR) is 104 cm³/mol. The van der Waals surface area contributed by atoms with Gasteiger partial charge in [-0.1, -0.05) is 37.3 Å². The van der Waals surface area contributed by atoms with Crippen molar-refractivity contribution in [1.29, 1.82) is 0 Å². The van der Waals surface area contributed by atoms with Crippen molar-refractivity contribution in [3.63, 3.8) is 0 Å². The van der Waals surface area contributed by atoms with Crippen LogP contribution in [0.25, 0.3) is 0 Å². The van der Waals surface area contributed by atoms with E-state index in [2.05, 4.69) is 4.90 Å². The second-order valence-corrected chi connectivity index (χ2v) is 6.98. The number of para-hydroxylation sites is 1. The van der Waals surface area contributed by atoms with Crippen LogP contribution in [-0.2, 0) is 11.2 Å². The number of carbonyl (C=O) groups excluding carboxylic acids is 1. The van der Waals surface area contributed by atoms with Gasteiger partial charge in [0.2, 0.25) is 5.91 Å². The maximum atomic E-state index is 14.3. The van der Waals surface area contributed by atoms with Crippen LogP contribution in [0.5, 0.6) is 0 Å². The number of likely N-dealkylation sites (tertiary alicyclic amines) is 1. The molecular formula is C22H26F2N2O. The molecule has 1 saturated heterocycles. The molecule has 0 unspecified atom stereocenters. The average molecular weight is 372 g/mol. The molecule has 0 aliphatic carbocycles. The number of anilines is 1. The van der Waals surface area contributed by atoms with Crippen molar-refractivity contribution in [3.8, 4) is 0 Å². The lowest BCUT2D eigenvalue weighted by Crippen LogP contribution is -2.48. The summed E-state index contributed by atoms with van der Waals surface area (Å²) in [5.74, 6) is -0.571. The third-order valence-corrected chi connectivity index (χ3v) is 5.26. The first-order valence-electron chi connectivity index (χ1n) is 9.62. The SMILES string of the molecule is CCC(=O)N(c1ccccc1F)C1CCN(CCc2ccccc2F)CC1. The van der Waals surface area contributed by atoms with Crippen molar-refractivity contribution in [2.45, 2.75) is 38.6 Å². The van der Waals surface area contributed by atoms with Crippen LogP contribution in [0.4, 0.5) is 14.5 Å². The maximum absolute atomic E-state index is 14.3. The number of halogens is 2. The van der Waals surface area contributed by atoms with E-state index in [1.54, 1.807) is 36.1 Å². The molecule has 5 heteroatoms. The third kappa shape index (κ3) is 4.72. The van der Waals surface area contributed by atoms with Gasteiger partial charge >= 0.3 is 0 Å². The Morgan fingerprint density at radius 3 is 2.30 bits per heavy atom. The van der Waals surface area contributed by atoms with E-state index in [4.69, 9.17) is 0 Å². The van der Waals surface area contributed by atoms with Crippen LogP contribution in [0.1, 0.15) is 31.7 Å². The van der Waals surface area contributed by atoms with E-state index in [1.165, 1.54) is 12.1 Å². The van der Waals surface area contributed by atoms with Crippen LogP contribution < -0.4 is 4.90 Å². The van der Waals surface area contributed by atoms with Gasteiger partial charge in [0, 0.05) is 32.1 Å². The third-order valence-electron chi connectivity index (χ3n) is 5.26. The van der Waals surface area contributed by atoms with Crippen molar-refractivity contribution >= 4 is 11.6 Å². The zero-order valence-corrected chi connectivity index (χ0v) is 15.7. The van der Waals surface area contributed by atoms with E-state index >= 15 is 0 Å². The normalized spacial score (nSPS) is 15.7. The number of benzene rings is 2. The lowest BCUT2D eigenvalue weighted by molar-refractivity contribution is -0.119. The summed E-state index contributed by atoms with van der Waals surface area (Å²) in [6, 6.07) is 13.3. The van der Waals surface area contributed by atoms with Crippen molar-refractivity contribution in [2.75, 3.05) is 24.5 Å². The molecule has 144 valence electrons. The standard InChI is InChI=1S/C22H26F2N2O/c1-2-22(27)26(21-10-6-5-9-20(21)24)18-12-15-25(16-13-18)14-11-17-7-3-4-8-19(17)23/h3-10,18H,2,11-16H2,1H3. The quantitative estimate of drug-likeness (QED) is 0.750. The Morgan fingerprint density at radius 1 is 1.04 bits per heavy atom. The topological polar surface area (TPSA) is 23.6 Å². The summed E-state index contributed by atoms with van der Waals surface area (Å²) in [6.07, 6.45) is 2.60. The van der Waals surface area contributed by atoms with E-state index < -0.39 is 0 Å². The summed E-state index contributed by atoms with van der Waals surface area (Å²) < 4.78 is 28.0. The summed E-state index contributed by atoms with van der Waals surface area (Å²) >= 11 is 0. The molecule has 3 rings (SSSR count). The van der Waals surface area contributed by atoms with Crippen molar-refractivity contribution in [3.05, 3.63) is 65.7 Å². The maximum Gasteiger partial charge on any atom is 0.227 e. The fraction of sp³-hybridized carbons (Fsp3) is 0.409. The summed E-state index contributed by atoms with van der Waals surface area (Å²) in [5, 5.41) is 0. The van der Waals surface area contributed by atoms with Gasteiger partial charge in [-0.25, -0.2) is 8.78 Å². The minimum atomic E-state index is -0.360. The Bertz CT molecular complexity index is 772. The fourth-order valence-electron chi connectivity index (χ4n) is 3.73. The number of piperidine rings is 1. The van der Waals surface area contributed by atoms with Crippen LogP contribution in [-0.4, -0.2) is 36.5 Å². The average Bonchev–Trinajstić information content (AvgIpc) is 2.70. The first-order chi connectivity index (χ1) is 13.1. The lowest BCUT2D eigenvalue weighted by atomic mass is 10.0. The van der Waals surface area contributed by atoms with E-state index in [1.807, 2.05) is 12.1 Å². The molecule has 0 saturated carbocycles.